The fourth-order valence-corrected chi connectivity index (χ4v) is 5.45. The minimum Gasteiger partial charge on any atom is -0.480 e. The zero-order valence-corrected chi connectivity index (χ0v) is 21.4. The van der Waals surface area contributed by atoms with Gasteiger partial charge < -0.3 is 25.8 Å². The maximum Gasteiger partial charge on any atom is 0.429 e. The van der Waals surface area contributed by atoms with E-state index in [9.17, 15) is 23.1 Å². The topological polar surface area (TPSA) is 114 Å². The molecule has 2 aliphatic rings. The average Bonchev–Trinajstić information content (AvgIpc) is 3.31. The van der Waals surface area contributed by atoms with Gasteiger partial charge in [-0.1, -0.05) is 54.1 Å². The summed E-state index contributed by atoms with van der Waals surface area (Å²) in [6, 6.07) is 14.6. The Hall–Kier alpha value is -3.86. The van der Waals surface area contributed by atoms with E-state index in [0.29, 0.717) is 31.9 Å². The molecular formula is C28H30F3N5O3. The number of nitrogens with one attached hydrogen (secondary N) is 1. The number of aliphatic carboxylic acids is 1. The molecule has 11 heteroatoms. The Morgan fingerprint density at radius 1 is 1.13 bits per heavy atom. The summed E-state index contributed by atoms with van der Waals surface area (Å²) in [6.07, 6.45) is -4.94. The molecule has 1 spiro atoms. The molecule has 8 nitrogen and oxygen atoms in total. The lowest BCUT2D eigenvalue weighted by Gasteiger charge is -2.39. The van der Waals surface area contributed by atoms with Gasteiger partial charge in [0.25, 0.3) is 0 Å². The van der Waals surface area contributed by atoms with Crippen molar-refractivity contribution in [3.8, 4) is 17.0 Å². The number of nitrogen functional groups attached to an aromatic ring is 1. The Bertz CT molecular complexity index is 1340. The highest BCUT2D eigenvalue weighted by Crippen LogP contribution is 2.41. The molecule has 1 aromatic heterocycles. The third kappa shape index (κ3) is 5.93. The predicted molar refractivity (Wildman–Crippen MR) is 140 cm³/mol. The van der Waals surface area contributed by atoms with Gasteiger partial charge in [0.05, 0.1) is 0 Å². The molecule has 0 amide bonds. The molecule has 0 bridgehead atoms. The summed E-state index contributed by atoms with van der Waals surface area (Å²) in [5.74, 6) is -0.934. The molecule has 5 rings (SSSR count). The van der Waals surface area contributed by atoms with Gasteiger partial charge in [0.1, 0.15) is 11.9 Å². The predicted octanol–water partition coefficient (Wildman–Crippen LogP) is 4.75. The number of aromatic nitrogens is 2. The maximum absolute atomic E-state index is 14.1. The molecule has 0 unspecified atom stereocenters. The number of hydrogen-bond donors (Lipinski definition) is 3. The average molecular weight is 542 g/mol. The summed E-state index contributed by atoms with van der Waals surface area (Å²) in [5, 5.41) is 12.4. The van der Waals surface area contributed by atoms with Crippen molar-refractivity contribution in [3.05, 3.63) is 65.7 Å². The van der Waals surface area contributed by atoms with Crippen LogP contribution >= 0.6 is 0 Å². The number of piperidine rings is 1. The van der Waals surface area contributed by atoms with Gasteiger partial charge in [-0.25, -0.2) is 0 Å². The largest absolute Gasteiger partial charge is 0.480 e. The number of nitrogens with two attached hydrogens (primary N) is 1. The summed E-state index contributed by atoms with van der Waals surface area (Å²) in [6.45, 7) is 3.70. The second-order valence-electron chi connectivity index (χ2n) is 10.4. The number of hydrogen-bond acceptors (Lipinski definition) is 7. The number of carboxylic acid groups (broad SMARTS) is 1. The third-order valence-corrected chi connectivity index (χ3v) is 7.61. The van der Waals surface area contributed by atoms with E-state index in [1.54, 1.807) is 12.1 Å². The number of ether oxygens (including phenoxy) is 1. The van der Waals surface area contributed by atoms with E-state index in [1.807, 2.05) is 36.1 Å². The van der Waals surface area contributed by atoms with E-state index in [4.69, 9.17) is 10.5 Å². The van der Waals surface area contributed by atoms with Crippen LogP contribution in [0, 0.1) is 12.3 Å². The first-order chi connectivity index (χ1) is 18.5. The molecule has 2 atom stereocenters. The minimum atomic E-state index is -4.70. The molecule has 3 aromatic rings. The summed E-state index contributed by atoms with van der Waals surface area (Å²) in [5.41, 5.74) is 8.45. The van der Waals surface area contributed by atoms with Crippen LogP contribution in [0.25, 0.3) is 11.1 Å². The lowest BCUT2D eigenvalue weighted by atomic mass is 9.76. The molecule has 206 valence electrons. The maximum atomic E-state index is 14.1. The van der Waals surface area contributed by atoms with Crippen LogP contribution in [-0.4, -0.2) is 52.9 Å². The molecule has 3 heterocycles. The standard InChI is InChI=1S/C28H30F3N5O3/c1-17-3-2-4-20(13-17)18-5-7-19(8-6-18)24(28(29,30)31)39-23-14-22(34-26(32)35-23)36-11-9-27(10-12-36)15-21(25(37)38)33-16-27/h2-8,13-14,21,24,33H,9-12,15-16H2,1H3,(H,37,38)(H2,32,34,35)/t21-,24+/m0/s1. The summed E-state index contributed by atoms with van der Waals surface area (Å²) in [7, 11) is 0. The van der Waals surface area contributed by atoms with E-state index >= 15 is 0 Å². The van der Waals surface area contributed by atoms with E-state index in [0.717, 1.165) is 29.5 Å². The van der Waals surface area contributed by atoms with Crippen LogP contribution in [0.1, 0.15) is 36.5 Å². The number of alkyl halides is 3. The number of anilines is 2. The second kappa shape index (κ2) is 10.4. The van der Waals surface area contributed by atoms with Crippen LogP contribution in [-0.2, 0) is 4.79 Å². The fourth-order valence-electron chi connectivity index (χ4n) is 5.45. The minimum absolute atomic E-state index is 0.0562. The molecule has 4 N–H and O–H groups in total. The first-order valence-electron chi connectivity index (χ1n) is 12.8. The van der Waals surface area contributed by atoms with Gasteiger partial charge in [-0.2, -0.15) is 23.1 Å². The molecular weight excluding hydrogens is 511 g/mol. The quantitative estimate of drug-likeness (QED) is 0.410. The number of rotatable bonds is 6. The highest BCUT2D eigenvalue weighted by atomic mass is 19.4. The van der Waals surface area contributed by atoms with Crippen LogP contribution in [0.15, 0.2) is 54.6 Å². The van der Waals surface area contributed by atoms with Crippen LogP contribution in [0.5, 0.6) is 5.88 Å². The number of aryl methyl sites for hydroxylation is 1. The summed E-state index contributed by atoms with van der Waals surface area (Å²) >= 11 is 0. The third-order valence-electron chi connectivity index (χ3n) is 7.61. The SMILES string of the molecule is Cc1cccc(-c2ccc([C@@H](Oc3cc(N4CCC5(CC4)CN[C@H](C(=O)O)C5)nc(N)n3)C(F)(F)F)cc2)c1. The fraction of sp³-hybridized carbons (Fsp3) is 0.393. The van der Waals surface area contributed by atoms with Crippen LogP contribution in [0.2, 0.25) is 0 Å². The summed E-state index contributed by atoms with van der Waals surface area (Å²) < 4.78 is 47.8. The Morgan fingerprint density at radius 2 is 1.85 bits per heavy atom. The highest BCUT2D eigenvalue weighted by molar-refractivity contribution is 5.74. The van der Waals surface area contributed by atoms with E-state index in [1.165, 1.54) is 18.2 Å². The Labute approximate surface area is 224 Å². The van der Waals surface area contributed by atoms with Crippen molar-refractivity contribution < 1.29 is 27.8 Å². The van der Waals surface area contributed by atoms with Crippen molar-refractivity contribution in [1.82, 2.24) is 15.3 Å². The molecule has 2 aliphatic heterocycles. The normalized spacial score (nSPS) is 19.7. The monoisotopic (exact) mass is 541 g/mol. The zero-order valence-electron chi connectivity index (χ0n) is 21.4. The van der Waals surface area contributed by atoms with Gasteiger partial charge in [0.2, 0.25) is 17.9 Å². The van der Waals surface area contributed by atoms with Crippen LogP contribution in [0.3, 0.4) is 0 Å². The first-order valence-corrected chi connectivity index (χ1v) is 12.8. The van der Waals surface area contributed by atoms with Gasteiger partial charge in [0.15, 0.2) is 0 Å². The van der Waals surface area contributed by atoms with Gasteiger partial charge in [-0.3, -0.25) is 4.79 Å². The lowest BCUT2D eigenvalue weighted by molar-refractivity contribution is -0.198. The lowest BCUT2D eigenvalue weighted by Crippen LogP contribution is -2.41. The van der Waals surface area contributed by atoms with Gasteiger partial charge in [0, 0.05) is 31.3 Å². The molecule has 0 aliphatic carbocycles. The second-order valence-corrected chi connectivity index (χ2v) is 10.4. The Morgan fingerprint density at radius 3 is 2.46 bits per heavy atom. The van der Waals surface area contributed by atoms with Crippen molar-refractivity contribution in [2.45, 2.75) is 44.5 Å². The summed E-state index contributed by atoms with van der Waals surface area (Å²) in [4.78, 5) is 21.4. The number of benzene rings is 2. The van der Waals surface area contributed by atoms with E-state index in [-0.39, 0.29) is 22.8 Å². The Balaban J connectivity index is 1.32. The first kappa shape index (κ1) is 26.7. The van der Waals surface area contributed by atoms with E-state index in [2.05, 4.69) is 15.3 Å². The van der Waals surface area contributed by atoms with Crippen molar-refractivity contribution >= 4 is 17.7 Å². The molecule has 0 saturated carbocycles. The van der Waals surface area contributed by atoms with E-state index < -0.39 is 24.3 Å². The smallest absolute Gasteiger partial charge is 0.429 e. The number of nitrogens with zero attached hydrogens (tertiary/aromatic N) is 3. The number of halogens is 3. The van der Waals surface area contributed by atoms with Crippen molar-refractivity contribution in [1.29, 1.82) is 0 Å². The molecule has 0 radical (unpaired) electrons. The number of carbonyl (C=O) groups is 1. The zero-order chi connectivity index (χ0) is 27.8. The van der Waals surface area contributed by atoms with Gasteiger partial charge in [-0.05, 0) is 42.7 Å². The van der Waals surface area contributed by atoms with Crippen LogP contribution < -0.4 is 20.7 Å². The Kier molecular flexibility index (Phi) is 7.11. The van der Waals surface area contributed by atoms with Gasteiger partial charge in [-0.15, -0.1) is 0 Å². The molecule has 2 saturated heterocycles. The molecule has 2 aromatic carbocycles. The van der Waals surface area contributed by atoms with Crippen molar-refractivity contribution in [3.63, 3.8) is 0 Å². The molecule has 39 heavy (non-hydrogen) atoms. The van der Waals surface area contributed by atoms with Crippen molar-refractivity contribution in [2.24, 2.45) is 5.41 Å². The van der Waals surface area contributed by atoms with Crippen LogP contribution in [0.4, 0.5) is 24.9 Å². The number of carboxylic acids is 1. The van der Waals surface area contributed by atoms with Crippen molar-refractivity contribution in [2.75, 3.05) is 30.3 Å². The van der Waals surface area contributed by atoms with Gasteiger partial charge >= 0.3 is 12.1 Å². The molecule has 2 fully saturated rings. The highest BCUT2D eigenvalue weighted by Gasteiger charge is 2.45.